The van der Waals surface area contributed by atoms with Crippen molar-refractivity contribution in [3.63, 3.8) is 0 Å². The Morgan fingerprint density at radius 2 is 2.20 bits per heavy atom. The molecule has 26 valence electrons. The molecule has 0 heterocycles. The van der Waals surface area contributed by atoms with Crippen LogP contribution < -0.4 is 0 Å². The quantitative estimate of drug-likeness (QED) is 0.300. The molecule has 0 fully saturated rings. The van der Waals surface area contributed by atoms with Gasteiger partial charge in [-0.2, -0.15) is 0 Å². The summed E-state index contributed by atoms with van der Waals surface area (Å²) in [6.45, 7) is 0. The fourth-order valence-corrected chi connectivity index (χ4v) is 0. The Morgan fingerprint density at radius 3 is 2.20 bits per heavy atom. The van der Waals surface area contributed by atoms with E-state index in [2.05, 4.69) is 0 Å². The predicted molar refractivity (Wildman–Crippen MR) is 13.2 cm³/mol. The second kappa shape index (κ2) is 1.84. The van der Waals surface area contributed by atoms with Crippen molar-refractivity contribution in [1.29, 1.82) is 0 Å². The molecular weight excluding hydrogens is 88.1 g/mol. The minimum atomic E-state index is -2.93. The summed E-state index contributed by atoms with van der Waals surface area (Å²) >= 11 is 0. The van der Waals surface area contributed by atoms with Crippen molar-refractivity contribution >= 4 is 8.93 Å². The van der Waals surface area contributed by atoms with Crippen molar-refractivity contribution < 1.29 is 13.9 Å². The van der Waals surface area contributed by atoms with E-state index in [1.807, 2.05) is 0 Å². The molecule has 0 aromatic rings. The predicted octanol–water partition coefficient (Wildman–Crippen LogP) is -1.17. The van der Waals surface area contributed by atoms with Crippen molar-refractivity contribution in [2.24, 2.45) is 0 Å². The molecule has 0 bridgehead atoms. The van der Waals surface area contributed by atoms with E-state index in [9.17, 15) is 0 Å². The number of hydrogen-bond donors (Lipinski definition) is 1. The van der Waals surface area contributed by atoms with Crippen LogP contribution in [0.15, 0.2) is 0 Å². The third-order valence-electron chi connectivity index (χ3n) is 0.0873. The first-order valence-corrected chi connectivity index (χ1v) is 2.24. The molecule has 0 radical (unpaired) electrons. The van der Waals surface area contributed by atoms with Crippen LogP contribution in [0, 0.1) is 5.77 Å². The van der Waals surface area contributed by atoms with E-state index in [1.165, 1.54) is 0 Å². The molecule has 0 aliphatic rings. The van der Waals surface area contributed by atoms with Gasteiger partial charge in [0.1, 0.15) is 0 Å². The average molecular weight is 89.1 g/mol. The van der Waals surface area contributed by atoms with Gasteiger partial charge in [-0.05, 0) is 0 Å². The zero-order chi connectivity index (χ0) is 4.28. The van der Waals surface area contributed by atoms with Crippen molar-refractivity contribution in [2.45, 2.75) is 0 Å². The van der Waals surface area contributed by atoms with Gasteiger partial charge in [-0.15, -0.1) is 0 Å². The average Bonchev–Trinajstić information content (AvgIpc) is 1.38. The molecule has 0 spiro atoms. The summed E-state index contributed by atoms with van der Waals surface area (Å²) < 4.78 is 18.0. The Balaban J connectivity index is 3.35. The molecule has 0 rings (SSSR count). The molecule has 0 aliphatic carbocycles. The van der Waals surface area contributed by atoms with Crippen molar-refractivity contribution in [1.82, 2.24) is 0 Å². The van der Waals surface area contributed by atoms with Gasteiger partial charge < -0.3 is 0 Å². The topological polar surface area (TPSA) is 57.2 Å². The standard InChI is InChI=1S/CHO3Si/c2-1-5(3)4/h3H/q+1. The van der Waals surface area contributed by atoms with Crippen molar-refractivity contribution in [2.75, 3.05) is 0 Å². The van der Waals surface area contributed by atoms with Gasteiger partial charge in [-0.1, -0.05) is 0 Å². The van der Waals surface area contributed by atoms with E-state index >= 15 is 0 Å². The maximum atomic E-state index is 9.13. The molecule has 0 aromatic carbocycles. The van der Waals surface area contributed by atoms with E-state index in [-0.39, 0.29) is 0 Å². The SMILES string of the molecule is O=[Si](O)C#[O+]. The zero-order valence-electron chi connectivity index (χ0n) is 2.26. The summed E-state index contributed by atoms with van der Waals surface area (Å²) in [5.41, 5.74) is 0. The van der Waals surface area contributed by atoms with Gasteiger partial charge in [-0.3, -0.25) is 0 Å². The van der Waals surface area contributed by atoms with Crippen LogP contribution in [0.5, 0.6) is 0 Å². The minimum absolute atomic E-state index is 0.880. The van der Waals surface area contributed by atoms with Crippen LogP contribution in [-0.2, 0) is 9.11 Å². The van der Waals surface area contributed by atoms with E-state index in [1.54, 1.807) is 0 Å². The summed E-state index contributed by atoms with van der Waals surface area (Å²) in [6.07, 6.45) is 0. The monoisotopic (exact) mass is 89.0 g/mol. The van der Waals surface area contributed by atoms with Crippen LogP contribution in [0.3, 0.4) is 0 Å². The Kier molecular flexibility index (Phi) is 1.68. The molecular formula is CHO3Si+. The first kappa shape index (κ1) is 4.56. The van der Waals surface area contributed by atoms with Gasteiger partial charge in [0.15, 0.2) is 0 Å². The van der Waals surface area contributed by atoms with Crippen LogP contribution >= 0.6 is 0 Å². The van der Waals surface area contributed by atoms with Gasteiger partial charge >= 0.3 is 28.6 Å². The van der Waals surface area contributed by atoms with Crippen LogP contribution in [0.4, 0.5) is 0 Å². The molecule has 0 aliphatic heterocycles. The summed E-state index contributed by atoms with van der Waals surface area (Å²) in [7, 11) is -2.93. The Hall–Kier alpha value is -0.443. The fourth-order valence-electron chi connectivity index (χ4n) is 0. The van der Waals surface area contributed by atoms with Crippen LogP contribution in [0.1, 0.15) is 0 Å². The van der Waals surface area contributed by atoms with E-state index in [4.69, 9.17) is 13.9 Å². The molecule has 0 saturated carbocycles. The normalized spacial score (nSPS) is 5.40. The van der Waals surface area contributed by atoms with Gasteiger partial charge in [0.2, 0.25) is 0 Å². The fraction of sp³-hybridized carbons (Fsp3) is 0. The van der Waals surface area contributed by atoms with Crippen molar-refractivity contribution in [3.05, 3.63) is 0 Å². The summed E-state index contributed by atoms with van der Waals surface area (Å²) in [6, 6.07) is 0. The Bertz CT molecular complexity index is 79.4. The molecule has 0 aromatic heterocycles. The van der Waals surface area contributed by atoms with Gasteiger partial charge in [0, 0.05) is 0 Å². The van der Waals surface area contributed by atoms with Gasteiger partial charge in [-0.25, -0.2) is 0 Å². The van der Waals surface area contributed by atoms with Gasteiger partial charge in [0.05, 0.1) is 0 Å². The molecule has 5 heavy (non-hydrogen) atoms. The summed E-state index contributed by atoms with van der Waals surface area (Å²) in [4.78, 5) is 7.48. The molecule has 0 amide bonds. The third-order valence-corrected chi connectivity index (χ3v) is 0.262. The maximum absolute atomic E-state index is 9.13. The molecule has 0 unspecified atom stereocenters. The summed E-state index contributed by atoms with van der Waals surface area (Å²) in [5, 5.41) is 0. The molecule has 4 heteroatoms. The summed E-state index contributed by atoms with van der Waals surface area (Å²) in [5.74, 6) is 0.880. The van der Waals surface area contributed by atoms with Gasteiger partial charge in [0.25, 0.3) is 0 Å². The molecule has 0 saturated heterocycles. The Labute approximate surface area is 29.7 Å². The van der Waals surface area contributed by atoms with Crippen molar-refractivity contribution in [3.8, 4) is 5.77 Å². The first-order chi connectivity index (χ1) is 2.27. The number of hydrogen-bond acceptors (Lipinski definition) is 1. The Morgan fingerprint density at radius 1 is 2.00 bits per heavy atom. The molecule has 1 N–H and O–H groups in total. The second-order valence-corrected chi connectivity index (χ2v) is 1.22. The zero-order valence-corrected chi connectivity index (χ0v) is 3.26. The van der Waals surface area contributed by atoms with E-state index < -0.39 is 8.93 Å². The van der Waals surface area contributed by atoms with Crippen LogP contribution in [-0.4, -0.2) is 13.7 Å². The third kappa shape index (κ3) is 3.56. The van der Waals surface area contributed by atoms with Crippen LogP contribution in [0.2, 0.25) is 0 Å². The first-order valence-electron chi connectivity index (χ1n) is 0.882. The molecule has 0 atom stereocenters. The number of rotatable bonds is 0. The molecule has 3 nitrogen and oxygen atoms in total. The van der Waals surface area contributed by atoms with E-state index in [0.29, 0.717) is 0 Å². The second-order valence-electron chi connectivity index (χ2n) is 0.407. The van der Waals surface area contributed by atoms with E-state index in [0.717, 1.165) is 5.77 Å². The van der Waals surface area contributed by atoms with Crippen LogP contribution in [0.25, 0.3) is 0 Å².